The van der Waals surface area contributed by atoms with E-state index in [1.54, 1.807) is 0 Å². The van der Waals surface area contributed by atoms with E-state index in [-0.39, 0.29) is 0 Å². The average Bonchev–Trinajstić information content (AvgIpc) is 2.40. The van der Waals surface area contributed by atoms with Crippen LogP contribution in [0.5, 0.6) is 0 Å². The Balaban J connectivity index is 2.03. The first-order valence-corrected chi connectivity index (χ1v) is 6.52. The summed E-state index contributed by atoms with van der Waals surface area (Å²) < 4.78 is 0. The molecule has 1 atom stereocenters. The minimum absolute atomic E-state index is 0.455. The molecule has 0 saturated carbocycles. The lowest BCUT2D eigenvalue weighted by Crippen LogP contribution is -2.02. The van der Waals surface area contributed by atoms with Crippen molar-refractivity contribution in [2.75, 3.05) is 0 Å². The van der Waals surface area contributed by atoms with E-state index in [9.17, 15) is 5.11 Å². The highest BCUT2D eigenvalue weighted by Gasteiger charge is 2.11. The van der Waals surface area contributed by atoms with Crippen LogP contribution in [0.1, 0.15) is 29.2 Å². The maximum absolute atomic E-state index is 10.2. The van der Waals surface area contributed by atoms with Crippen molar-refractivity contribution in [1.29, 1.82) is 0 Å². The second-order valence-corrected chi connectivity index (χ2v) is 4.98. The zero-order chi connectivity index (χ0) is 13.0. The van der Waals surface area contributed by atoms with Crippen molar-refractivity contribution in [1.82, 2.24) is 0 Å². The van der Waals surface area contributed by atoms with E-state index >= 15 is 0 Å². The van der Waals surface area contributed by atoms with Crippen molar-refractivity contribution in [3.05, 3.63) is 70.2 Å². The molecule has 0 heterocycles. The SMILES string of the molecule is Cc1ccc(Cl)cc1C(O)CCc1ccccc1. The molecule has 2 aromatic carbocycles. The van der Waals surface area contributed by atoms with Crippen molar-refractivity contribution in [3.63, 3.8) is 0 Å². The van der Waals surface area contributed by atoms with Crippen molar-refractivity contribution in [2.45, 2.75) is 25.9 Å². The van der Waals surface area contributed by atoms with Crippen LogP contribution in [0, 0.1) is 6.92 Å². The van der Waals surface area contributed by atoms with Gasteiger partial charge in [-0.15, -0.1) is 0 Å². The number of hydrogen-bond donors (Lipinski definition) is 1. The minimum atomic E-state index is -0.455. The highest BCUT2D eigenvalue weighted by molar-refractivity contribution is 6.30. The smallest absolute Gasteiger partial charge is 0.0796 e. The van der Waals surface area contributed by atoms with Gasteiger partial charge in [-0.1, -0.05) is 48.0 Å². The molecule has 94 valence electrons. The molecule has 1 nitrogen and oxygen atoms in total. The van der Waals surface area contributed by atoms with Gasteiger partial charge in [0, 0.05) is 5.02 Å². The van der Waals surface area contributed by atoms with Crippen LogP contribution in [-0.4, -0.2) is 5.11 Å². The molecule has 0 aliphatic heterocycles. The summed E-state index contributed by atoms with van der Waals surface area (Å²) >= 11 is 5.97. The van der Waals surface area contributed by atoms with Crippen molar-refractivity contribution in [2.24, 2.45) is 0 Å². The van der Waals surface area contributed by atoms with Crippen molar-refractivity contribution in [3.8, 4) is 0 Å². The molecule has 0 amide bonds. The number of aliphatic hydroxyl groups excluding tert-OH is 1. The summed E-state index contributed by atoms with van der Waals surface area (Å²) in [5.41, 5.74) is 3.26. The quantitative estimate of drug-likeness (QED) is 0.868. The predicted molar refractivity (Wildman–Crippen MR) is 75.9 cm³/mol. The number of benzene rings is 2. The second kappa shape index (κ2) is 6.03. The van der Waals surface area contributed by atoms with Gasteiger partial charge in [0.2, 0.25) is 0 Å². The standard InChI is InChI=1S/C16H17ClO/c1-12-7-9-14(17)11-15(12)16(18)10-8-13-5-3-2-4-6-13/h2-7,9,11,16,18H,8,10H2,1H3. The summed E-state index contributed by atoms with van der Waals surface area (Å²) in [4.78, 5) is 0. The Morgan fingerprint density at radius 3 is 2.56 bits per heavy atom. The average molecular weight is 261 g/mol. The van der Waals surface area contributed by atoms with Gasteiger partial charge in [-0.05, 0) is 48.6 Å². The van der Waals surface area contributed by atoms with Crippen LogP contribution in [0.2, 0.25) is 5.02 Å². The highest BCUT2D eigenvalue weighted by Crippen LogP contribution is 2.25. The molecular weight excluding hydrogens is 244 g/mol. The van der Waals surface area contributed by atoms with Gasteiger partial charge in [-0.3, -0.25) is 0 Å². The molecule has 1 unspecified atom stereocenters. The lowest BCUT2D eigenvalue weighted by Gasteiger charge is -2.14. The molecule has 2 rings (SSSR count). The van der Waals surface area contributed by atoms with Crippen molar-refractivity contribution < 1.29 is 5.11 Å². The van der Waals surface area contributed by atoms with E-state index in [1.165, 1.54) is 5.56 Å². The van der Waals surface area contributed by atoms with Gasteiger partial charge in [0.25, 0.3) is 0 Å². The summed E-state index contributed by atoms with van der Waals surface area (Å²) in [6.45, 7) is 2.00. The Morgan fingerprint density at radius 2 is 1.83 bits per heavy atom. The predicted octanol–water partition coefficient (Wildman–Crippen LogP) is 4.31. The molecule has 18 heavy (non-hydrogen) atoms. The first-order valence-electron chi connectivity index (χ1n) is 6.15. The normalized spacial score (nSPS) is 12.4. The van der Waals surface area contributed by atoms with Crippen LogP contribution >= 0.6 is 11.6 Å². The number of rotatable bonds is 4. The summed E-state index contributed by atoms with van der Waals surface area (Å²) in [7, 11) is 0. The van der Waals surface area contributed by atoms with Gasteiger partial charge in [0.05, 0.1) is 6.10 Å². The summed E-state index contributed by atoms with van der Waals surface area (Å²) in [6.07, 6.45) is 1.13. The lowest BCUT2D eigenvalue weighted by atomic mass is 9.98. The van der Waals surface area contributed by atoms with Gasteiger partial charge in [-0.2, -0.15) is 0 Å². The lowest BCUT2D eigenvalue weighted by molar-refractivity contribution is 0.167. The zero-order valence-electron chi connectivity index (χ0n) is 10.4. The molecule has 0 saturated heterocycles. The molecule has 0 spiro atoms. The molecule has 2 heteroatoms. The van der Waals surface area contributed by atoms with Gasteiger partial charge in [0.1, 0.15) is 0 Å². The maximum Gasteiger partial charge on any atom is 0.0796 e. The molecule has 1 N–H and O–H groups in total. The Kier molecular flexibility index (Phi) is 4.40. The number of halogens is 1. The van der Waals surface area contributed by atoms with Crippen LogP contribution in [0.4, 0.5) is 0 Å². The Labute approximate surface area is 113 Å². The van der Waals surface area contributed by atoms with Crippen LogP contribution in [0.3, 0.4) is 0 Å². The van der Waals surface area contributed by atoms with Gasteiger partial charge in [-0.25, -0.2) is 0 Å². The van der Waals surface area contributed by atoms with E-state index in [1.807, 2.05) is 43.3 Å². The van der Waals surface area contributed by atoms with E-state index in [4.69, 9.17) is 11.6 Å². The Hall–Kier alpha value is -1.31. The monoisotopic (exact) mass is 260 g/mol. The molecule has 2 aromatic rings. The third-order valence-electron chi connectivity index (χ3n) is 3.15. The summed E-state index contributed by atoms with van der Waals surface area (Å²) in [6, 6.07) is 15.9. The molecule has 0 aliphatic carbocycles. The maximum atomic E-state index is 10.2. The second-order valence-electron chi connectivity index (χ2n) is 4.54. The van der Waals surface area contributed by atoms with E-state index in [0.29, 0.717) is 11.4 Å². The summed E-state index contributed by atoms with van der Waals surface area (Å²) in [5.74, 6) is 0. The number of aliphatic hydroxyl groups is 1. The zero-order valence-corrected chi connectivity index (χ0v) is 11.2. The Morgan fingerprint density at radius 1 is 1.11 bits per heavy atom. The highest BCUT2D eigenvalue weighted by atomic mass is 35.5. The third kappa shape index (κ3) is 3.34. The van der Waals surface area contributed by atoms with E-state index < -0.39 is 6.10 Å². The molecule has 0 bridgehead atoms. The first kappa shape index (κ1) is 13.1. The van der Waals surface area contributed by atoms with Crippen LogP contribution in [-0.2, 0) is 6.42 Å². The van der Waals surface area contributed by atoms with Crippen LogP contribution in [0.25, 0.3) is 0 Å². The van der Waals surface area contributed by atoms with Gasteiger partial charge >= 0.3 is 0 Å². The fourth-order valence-electron chi connectivity index (χ4n) is 2.07. The van der Waals surface area contributed by atoms with Gasteiger partial charge in [0.15, 0.2) is 0 Å². The molecule has 0 aliphatic rings. The molecule has 0 fully saturated rings. The topological polar surface area (TPSA) is 20.2 Å². The van der Waals surface area contributed by atoms with Crippen LogP contribution in [0.15, 0.2) is 48.5 Å². The molecule has 0 aromatic heterocycles. The Bertz CT molecular complexity index is 508. The van der Waals surface area contributed by atoms with Gasteiger partial charge < -0.3 is 5.11 Å². The minimum Gasteiger partial charge on any atom is -0.388 e. The van der Waals surface area contributed by atoms with E-state index in [0.717, 1.165) is 17.5 Å². The van der Waals surface area contributed by atoms with Crippen molar-refractivity contribution >= 4 is 11.6 Å². The van der Waals surface area contributed by atoms with Crippen LogP contribution < -0.4 is 0 Å². The fraction of sp³-hybridized carbons (Fsp3) is 0.250. The first-order chi connectivity index (χ1) is 8.66. The molecule has 0 radical (unpaired) electrons. The number of hydrogen-bond acceptors (Lipinski definition) is 1. The number of aryl methyl sites for hydroxylation is 2. The molecular formula is C16H17ClO. The van der Waals surface area contributed by atoms with E-state index in [2.05, 4.69) is 12.1 Å². The third-order valence-corrected chi connectivity index (χ3v) is 3.38. The summed E-state index contributed by atoms with van der Waals surface area (Å²) in [5, 5.41) is 10.9. The fourth-order valence-corrected chi connectivity index (χ4v) is 2.25. The largest absolute Gasteiger partial charge is 0.388 e.